The lowest BCUT2D eigenvalue weighted by Gasteiger charge is -2.08. The maximum Gasteiger partial charge on any atom is 0.219 e. The van der Waals surface area contributed by atoms with Crippen LogP contribution in [0.3, 0.4) is 0 Å². The molecular formula is C14H14BrFN2O. The number of pyridine rings is 1. The number of rotatable bonds is 5. The molecular weight excluding hydrogens is 311 g/mol. The van der Waals surface area contributed by atoms with Crippen molar-refractivity contribution in [3.63, 3.8) is 0 Å². The van der Waals surface area contributed by atoms with Crippen LogP contribution in [0.2, 0.25) is 0 Å². The van der Waals surface area contributed by atoms with Gasteiger partial charge in [-0.1, -0.05) is 6.92 Å². The van der Waals surface area contributed by atoms with Crippen LogP contribution in [0.5, 0.6) is 11.6 Å². The van der Waals surface area contributed by atoms with Gasteiger partial charge in [0.1, 0.15) is 11.6 Å². The molecule has 0 unspecified atom stereocenters. The minimum atomic E-state index is -0.312. The Balaban J connectivity index is 2.14. The van der Waals surface area contributed by atoms with Crippen molar-refractivity contribution in [2.24, 2.45) is 0 Å². The van der Waals surface area contributed by atoms with E-state index in [1.54, 1.807) is 12.3 Å². The summed E-state index contributed by atoms with van der Waals surface area (Å²) in [6.45, 7) is 3.72. The molecule has 0 aliphatic carbocycles. The van der Waals surface area contributed by atoms with E-state index in [1.807, 2.05) is 19.1 Å². The second kappa shape index (κ2) is 6.63. The topological polar surface area (TPSA) is 34.2 Å². The molecule has 0 bridgehead atoms. The van der Waals surface area contributed by atoms with Crippen LogP contribution in [0, 0.1) is 5.82 Å². The number of hydrogen-bond acceptors (Lipinski definition) is 3. The van der Waals surface area contributed by atoms with Crippen molar-refractivity contribution in [1.29, 1.82) is 0 Å². The molecule has 0 fully saturated rings. The summed E-state index contributed by atoms with van der Waals surface area (Å²) in [5.41, 5.74) is 1.09. The van der Waals surface area contributed by atoms with Crippen LogP contribution in [0.25, 0.3) is 0 Å². The van der Waals surface area contributed by atoms with E-state index in [1.165, 1.54) is 12.1 Å². The second-order valence-electron chi connectivity index (χ2n) is 3.96. The Morgan fingerprint density at radius 3 is 2.89 bits per heavy atom. The molecule has 1 aromatic heterocycles. The van der Waals surface area contributed by atoms with Crippen molar-refractivity contribution >= 4 is 15.9 Å². The fourth-order valence-corrected chi connectivity index (χ4v) is 1.99. The number of halogens is 2. The van der Waals surface area contributed by atoms with Crippen LogP contribution < -0.4 is 10.1 Å². The van der Waals surface area contributed by atoms with Crippen LogP contribution in [0.15, 0.2) is 41.0 Å². The van der Waals surface area contributed by atoms with Gasteiger partial charge in [0.15, 0.2) is 0 Å². The maximum absolute atomic E-state index is 13.0. The van der Waals surface area contributed by atoms with Gasteiger partial charge in [-0.2, -0.15) is 0 Å². The van der Waals surface area contributed by atoms with Gasteiger partial charge in [-0.15, -0.1) is 0 Å². The predicted molar refractivity (Wildman–Crippen MR) is 75.8 cm³/mol. The highest BCUT2D eigenvalue weighted by Gasteiger charge is 2.05. The highest BCUT2D eigenvalue weighted by molar-refractivity contribution is 9.10. The van der Waals surface area contributed by atoms with Crippen LogP contribution in [-0.2, 0) is 6.54 Å². The molecule has 0 spiro atoms. The average molecular weight is 325 g/mol. The first-order valence-electron chi connectivity index (χ1n) is 5.97. The molecule has 0 aliphatic heterocycles. The summed E-state index contributed by atoms with van der Waals surface area (Å²) in [4.78, 5) is 4.14. The molecule has 0 saturated carbocycles. The quantitative estimate of drug-likeness (QED) is 0.906. The number of benzene rings is 1. The van der Waals surface area contributed by atoms with Crippen molar-refractivity contribution < 1.29 is 9.13 Å². The Hall–Kier alpha value is -1.46. The van der Waals surface area contributed by atoms with Gasteiger partial charge in [-0.05, 0) is 52.3 Å². The molecule has 1 aromatic carbocycles. The van der Waals surface area contributed by atoms with Crippen LogP contribution in [-0.4, -0.2) is 11.5 Å². The fraction of sp³-hybridized carbons (Fsp3) is 0.214. The number of nitrogens with zero attached hydrogens (tertiary/aromatic N) is 1. The maximum atomic E-state index is 13.0. The summed E-state index contributed by atoms with van der Waals surface area (Å²) in [7, 11) is 0. The zero-order valence-electron chi connectivity index (χ0n) is 10.5. The molecule has 1 heterocycles. The van der Waals surface area contributed by atoms with Gasteiger partial charge < -0.3 is 10.1 Å². The molecule has 0 saturated heterocycles. The summed E-state index contributed by atoms with van der Waals surface area (Å²) in [6.07, 6.45) is 1.69. The summed E-state index contributed by atoms with van der Waals surface area (Å²) >= 11 is 3.26. The van der Waals surface area contributed by atoms with E-state index in [9.17, 15) is 4.39 Å². The lowest BCUT2D eigenvalue weighted by Crippen LogP contribution is -2.11. The van der Waals surface area contributed by atoms with E-state index in [0.717, 1.165) is 18.7 Å². The smallest absolute Gasteiger partial charge is 0.219 e. The van der Waals surface area contributed by atoms with Gasteiger partial charge in [-0.3, -0.25) is 0 Å². The zero-order valence-corrected chi connectivity index (χ0v) is 12.1. The minimum absolute atomic E-state index is 0.312. The fourth-order valence-electron chi connectivity index (χ4n) is 1.56. The first-order chi connectivity index (χ1) is 9.19. The minimum Gasteiger partial charge on any atom is -0.438 e. The third-order valence-corrected chi connectivity index (χ3v) is 3.11. The monoisotopic (exact) mass is 324 g/mol. The van der Waals surface area contributed by atoms with E-state index in [4.69, 9.17) is 4.74 Å². The number of hydrogen-bond donors (Lipinski definition) is 1. The highest BCUT2D eigenvalue weighted by atomic mass is 79.9. The molecule has 0 aliphatic rings. The van der Waals surface area contributed by atoms with Crippen molar-refractivity contribution in [1.82, 2.24) is 10.3 Å². The summed E-state index contributed by atoms with van der Waals surface area (Å²) in [5, 5.41) is 3.23. The van der Waals surface area contributed by atoms with Gasteiger partial charge >= 0.3 is 0 Å². The van der Waals surface area contributed by atoms with E-state index < -0.39 is 0 Å². The third-order valence-electron chi connectivity index (χ3n) is 2.49. The molecule has 0 amide bonds. The molecule has 19 heavy (non-hydrogen) atoms. The van der Waals surface area contributed by atoms with Gasteiger partial charge in [0, 0.05) is 18.8 Å². The first kappa shape index (κ1) is 14.0. The Morgan fingerprint density at radius 2 is 2.16 bits per heavy atom. The largest absolute Gasteiger partial charge is 0.438 e. The van der Waals surface area contributed by atoms with Gasteiger partial charge in [0.2, 0.25) is 5.88 Å². The van der Waals surface area contributed by atoms with E-state index in [2.05, 4.69) is 26.2 Å². The van der Waals surface area contributed by atoms with Crippen molar-refractivity contribution in [2.75, 3.05) is 6.54 Å². The number of ether oxygens (including phenoxy) is 1. The number of nitrogens with one attached hydrogen (secondary N) is 1. The average Bonchev–Trinajstić information content (AvgIpc) is 2.40. The SMILES string of the molecule is CCNCc1ccnc(Oc2ccc(F)cc2Br)c1. The van der Waals surface area contributed by atoms with Crippen LogP contribution in [0.4, 0.5) is 4.39 Å². The van der Waals surface area contributed by atoms with Crippen molar-refractivity contribution in [3.05, 3.63) is 52.4 Å². The van der Waals surface area contributed by atoms with Gasteiger partial charge in [0.25, 0.3) is 0 Å². The summed E-state index contributed by atoms with van der Waals surface area (Å²) < 4.78 is 19.2. The molecule has 3 nitrogen and oxygen atoms in total. The Bertz CT molecular complexity index is 563. The van der Waals surface area contributed by atoms with Gasteiger partial charge in [-0.25, -0.2) is 9.37 Å². The predicted octanol–water partition coefficient (Wildman–Crippen LogP) is 3.89. The normalized spacial score (nSPS) is 10.5. The molecule has 100 valence electrons. The zero-order chi connectivity index (χ0) is 13.7. The standard InChI is InChI=1S/C14H14BrFN2O/c1-2-17-9-10-5-6-18-14(7-10)19-13-4-3-11(16)8-12(13)15/h3-8,17H,2,9H2,1H3. The third kappa shape index (κ3) is 4.01. The molecule has 0 atom stereocenters. The molecule has 0 radical (unpaired) electrons. The first-order valence-corrected chi connectivity index (χ1v) is 6.77. The van der Waals surface area contributed by atoms with Crippen LogP contribution in [0.1, 0.15) is 12.5 Å². The van der Waals surface area contributed by atoms with E-state index >= 15 is 0 Å². The lowest BCUT2D eigenvalue weighted by atomic mass is 10.2. The molecule has 2 rings (SSSR count). The molecule has 1 N–H and O–H groups in total. The summed E-state index contributed by atoms with van der Waals surface area (Å²) in [6, 6.07) is 8.06. The molecule has 2 aromatic rings. The van der Waals surface area contributed by atoms with E-state index in [-0.39, 0.29) is 5.82 Å². The van der Waals surface area contributed by atoms with Crippen molar-refractivity contribution in [3.8, 4) is 11.6 Å². The Labute approximate surface area is 119 Å². The lowest BCUT2D eigenvalue weighted by molar-refractivity contribution is 0.457. The van der Waals surface area contributed by atoms with Gasteiger partial charge in [0.05, 0.1) is 4.47 Å². The Morgan fingerprint density at radius 1 is 1.32 bits per heavy atom. The van der Waals surface area contributed by atoms with Crippen molar-refractivity contribution in [2.45, 2.75) is 13.5 Å². The Kier molecular flexibility index (Phi) is 4.87. The number of aromatic nitrogens is 1. The second-order valence-corrected chi connectivity index (χ2v) is 4.81. The summed E-state index contributed by atoms with van der Waals surface area (Å²) in [5.74, 6) is 0.713. The van der Waals surface area contributed by atoms with E-state index in [0.29, 0.717) is 16.1 Å². The van der Waals surface area contributed by atoms with Crippen LogP contribution >= 0.6 is 15.9 Å². The molecule has 5 heteroatoms. The highest BCUT2D eigenvalue weighted by Crippen LogP contribution is 2.29.